The van der Waals surface area contributed by atoms with Crippen molar-refractivity contribution < 1.29 is 19.4 Å². The first-order chi connectivity index (χ1) is 9.60. The number of esters is 1. The van der Waals surface area contributed by atoms with Gasteiger partial charge in [0, 0.05) is 0 Å². The second kappa shape index (κ2) is 6.12. The van der Waals surface area contributed by atoms with Gasteiger partial charge in [-0.05, 0) is 23.8 Å². The van der Waals surface area contributed by atoms with Crippen LogP contribution in [0.3, 0.4) is 0 Å². The van der Waals surface area contributed by atoms with Crippen LogP contribution in [0.4, 0.5) is 0 Å². The summed E-state index contributed by atoms with van der Waals surface area (Å²) >= 11 is 1.23. The van der Waals surface area contributed by atoms with Gasteiger partial charge in [0.2, 0.25) is 0 Å². The number of thiazole rings is 1. The number of carboxylic acids is 1. The number of hydrogen-bond acceptors (Lipinski definition) is 5. The van der Waals surface area contributed by atoms with Crippen molar-refractivity contribution >= 4 is 35.4 Å². The van der Waals surface area contributed by atoms with E-state index in [0.29, 0.717) is 9.88 Å². The summed E-state index contributed by atoms with van der Waals surface area (Å²) in [5.41, 5.74) is 1.09. The Morgan fingerprint density at radius 2 is 1.95 bits per heavy atom. The number of aromatic nitrogens is 1. The SMILES string of the molecule is COC(=O)c1cnc(/C=C/c2ccc(C(=O)O)cc2)s1. The monoisotopic (exact) mass is 289 g/mol. The lowest BCUT2D eigenvalue weighted by Gasteiger charge is -1.95. The van der Waals surface area contributed by atoms with Crippen molar-refractivity contribution in [3.63, 3.8) is 0 Å². The fourth-order valence-electron chi connectivity index (χ4n) is 1.46. The van der Waals surface area contributed by atoms with Crippen molar-refractivity contribution in [2.24, 2.45) is 0 Å². The third-order valence-corrected chi connectivity index (χ3v) is 3.43. The first kappa shape index (κ1) is 14.0. The van der Waals surface area contributed by atoms with Crippen LogP contribution in [0.1, 0.15) is 30.6 Å². The molecule has 0 aliphatic carbocycles. The molecule has 0 spiro atoms. The summed E-state index contributed by atoms with van der Waals surface area (Å²) < 4.78 is 4.60. The molecule has 0 bridgehead atoms. The normalized spacial score (nSPS) is 10.7. The Bertz CT molecular complexity index is 658. The number of carbonyl (C=O) groups is 2. The van der Waals surface area contributed by atoms with Crippen LogP contribution in [0.2, 0.25) is 0 Å². The highest BCUT2D eigenvalue weighted by Crippen LogP contribution is 2.17. The topological polar surface area (TPSA) is 76.5 Å². The summed E-state index contributed by atoms with van der Waals surface area (Å²) in [5, 5.41) is 9.47. The molecule has 20 heavy (non-hydrogen) atoms. The number of carbonyl (C=O) groups excluding carboxylic acids is 1. The van der Waals surface area contributed by atoms with Crippen molar-refractivity contribution in [1.82, 2.24) is 4.98 Å². The van der Waals surface area contributed by atoms with Gasteiger partial charge < -0.3 is 9.84 Å². The van der Waals surface area contributed by atoms with Crippen LogP contribution in [0.15, 0.2) is 30.5 Å². The Labute approximate surface area is 119 Å². The van der Waals surface area contributed by atoms with E-state index in [4.69, 9.17) is 5.11 Å². The Morgan fingerprint density at radius 1 is 1.25 bits per heavy atom. The van der Waals surface area contributed by atoms with E-state index < -0.39 is 11.9 Å². The Morgan fingerprint density at radius 3 is 2.55 bits per heavy atom. The standard InChI is InChI=1S/C14H11NO4S/c1-19-14(18)11-8-15-12(20-11)7-4-9-2-5-10(6-3-9)13(16)17/h2-8H,1H3,(H,16,17)/b7-4+. The lowest BCUT2D eigenvalue weighted by molar-refractivity contribution is 0.0605. The molecule has 0 saturated heterocycles. The first-order valence-corrected chi connectivity index (χ1v) is 6.47. The number of rotatable bonds is 4. The number of benzene rings is 1. The highest BCUT2D eigenvalue weighted by atomic mass is 32.1. The maximum atomic E-state index is 11.3. The number of nitrogens with zero attached hydrogens (tertiary/aromatic N) is 1. The molecule has 0 fully saturated rings. The van der Waals surface area contributed by atoms with E-state index in [-0.39, 0.29) is 5.56 Å². The highest BCUT2D eigenvalue weighted by molar-refractivity contribution is 7.14. The lowest BCUT2D eigenvalue weighted by Crippen LogP contribution is -1.96. The number of ether oxygens (including phenoxy) is 1. The average molecular weight is 289 g/mol. The van der Waals surface area contributed by atoms with E-state index in [2.05, 4.69) is 9.72 Å². The molecule has 0 aliphatic heterocycles. The molecule has 6 heteroatoms. The molecule has 1 heterocycles. The molecule has 1 N–H and O–H groups in total. The smallest absolute Gasteiger partial charge is 0.349 e. The van der Waals surface area contributed by atoms with Crippen LogP contribution in [-0.4, -0.2) is 29.1 Å². The Balaban J connectivity index is 2.11. The fraction of sp³-hybridized carbons (Fsp3) is 0.0714. The van der Waals surface area contributed by atoms with Gasteiger partial charge >= 0.3 is 11.9 Å². The van der Waals surface area contributed by atoms with Crippen molar-refractivity contribution in [1.29, 1.82) is 0 Å². The van der Waals surface area contributed by atoms with Crippen molar-refractivity contribution in [3.8, 4) is 0 Å². The zero-order chi connectivity index (χ0) is 14.5. The summed E-state index contributed by atoms with van der Waals surface area (Å²) in [6.45, 7) is 0. The molecule has 0 aliphatic rings. The maximum Gasteiger partial charge on any atom is 0.349 e. The number of hydrogen-bond donors (Lipinski definition) is 1. The molecule has 2 rings (SSSR count). The number of carboxylic acid groups (broad SMARTS) is 1. The lowest BCUT2D eigenvalue weighted by atomic mass is 10.1. The van der Waals surface area contributed by atoms with Crippen LogP contribution in [0.25, 0.3) is 12.2 Å². The quantitative estimate of drug-likeness (QED) is 0.876. The maximum absolute atomic E-state index is 11.3. The predicted octanol–water partition coefficient (Wildman–Crippen LogP) is 2.80. The molecule has 0 atom stereocenters. The zero-order valence-electron chi connectivity index (χ0n) is 10.6. The number of aromatic carboxylic acids is 1. The average Bonchev–Trinajstić information content (AvgIpc) is 2.93. The molecule has 0 unspecified atom stereocenters. The fourth-order valence-corrected chi connectivity index (χ4v) is 2.20. The third-order valence-electron chi connectivity index (χ3n) is 2.49. The van der Waals surface area contributed by atoms with E-state index in [1.807, 2.05) is 0 Å². The van der Waals surface area contributed by atoms with Gasteiger partial charge in [-0.3, -0.25) is 0 Å². The molecular formula is C14H11NO4S. The van der Waals surface area contributed by atoms with Crippen molar-refractivity contribution in [2.45, 2.75) is 0 Å². The summed E-state index contributed by atoms with van der Waals surface area (Å²) in [7, 11) is 1.32. The molecule has 2 aromatic rings. The van der Waals surface area contributed by atoms with Crippen LogP contribution in [0.5, 0.6) is 0 Å². The van der Waals surface area contributed by atoms with E-state index >= 15 is 0 Å². The molecular weight excluding hydrogens is 278 g/mol. The summed E-state index contributed by atoms with van der Waals surface area (Å²) in [6, 6.07) is 6.47. The zero-order valence-corrected chi connectivity index (χ0v) is 11.4. The minimum atomic E-state index is -0.955. The molecule has 1 aromatic heterocycles. The molecule has 102 valence electrons. The largest absolute Gasteiger partial charge is 0.478 e. The molecule has 0 radical (unpaired) electrons. The van der Waals surface area contributed by atoms with Gasteiger partial charge in [0.05, 0.1) is 18.9 Å². The van der Waals surface area contributed by atoms with E-state index in [1.54, 1.807) is 24.3 Å². The van der Waals surface area contributed by atoms with Crippen LogP contribution < -0.4 is 0 Å². The van der Waals surface area contributed by atoms with E-state index in [1.165, 1.54) is 36.8 Å². The molecule has 5 nitrogen and oxygen atoms in total. The second-order valence-corrected chi connectivity index (χ2v) is 4.88. The van der Waals surface area contributed by atoms with Gasteiger partial charge in [-0.25, -0.2) is 14.6 Å². The highest BCUT2D eigenvalue weighted by Gasteiger charge is 2.08. The van der Waals surface area contributed by atoms with Crippen molar-refractivity contribution in [2.75, 3.05) is 7.11 Å². The van der Waals surface area contributed by atoms with Crippen LogP contribution >= 0.6 is 11.3 Å². The van der Waals surface area contributed by atoms with Gasteiger partial charge in [0.15, 0.2) is 0 Å². The minimum Gasteiger partial charge on any atom is -0.478 e. The van der Waals surface area contributed by atoms with E-state index in [0.717, 1.165) is 5.56 Å². The summed E-state index contributed by atoms with van der Waals surface area (Å²) in [5.74, 6) is -1.36. The van der Waals surface area contributed by atoms with E-state index in [9.17, 15) is 9.59 Å². The van der Waals surface area contributed by atoms with Crippen LogP contribution in [0, 0.1) is 0 Å². The van der Waals surface area contributed by atoms with Crippen LogP contribution in [-0.2, 0) is 4.74 Å². The van der Waals surface area contributed by atoms with Gasteiger partial charge in [0.25, 0.3) is 0 Å². The molecule has 0 amide bonds. The molecule has 1 aromatic carbocycles. The Kier molecular flexibility index (Phi) is 4.27. The van der Waals surface area contributed by atoms with Gasteiger partial charge in [-0.2, -0.15) is 0 Å². The van der Waals surface area contributed by atoms with Gasteiger partial charge in [-0.1, -0.05) is 18.2 Å². The predicted molar refractivity (Wildman–Crippen MR) is 75.8 cm³/mol. The molecule has 0 saturated carbocycles. The third kappa shape index (κ3) is 3.30. The van der Waals surface area contributed by atoms with Crippen molar-refractivity contribution in [3.05, 3.63) is 51.5 Å². The first-order valence-electron chi connectivity index (χ1n) is 5.66. The van der Waals surface area contributed by atoms with Gasteiger partial charge in [-0.15, -0.1) is 11.3 Å². The summed E-state index contributed by atoms with van der Waals surface area (Å²) in [4.78, 5) is 26.5. The summed E-state index contributed by atoms with van der Waals surface area (Å²) in [6.07, 6.45) is 5.02. The number of methoxy groups -OCH3 is 1. The van der Waals surface area contributed by atoms with Gasteiger partial charge in [0.1, 0.15) is 9.88 Å². The Hall–Kier alpha value is -2.47. The minimum absolute atomic E-state index is 0.240. The second-order valence-electron chi connectivity index (χ2n) is 3.81.